The van der Waals surface area contributed by atoms with Crippen LogP contribution in [0.1, 0.15) is 4.88 Å². The summed E-state index contributed by atoms with van der Waals surface area (Å²) in [7, 11) is 0. The molecule has 92 valence electrons. The second-order valence-corrected chi connectivity index (χ2v) is 5.81. The Bertz CT molecular complexity index is 580. The van der Waals surface area contributed by atoms with Crippen molar-refractivity contribution in [1.82, 2.24) is 0 Å². The molecule has 5 nitrogen and oxygen atoms in total. The first kappa shape index (κ1) is 12.7. The minimum Gasteiger partial charge on any atom is -0.278 e. The number of hydrogen-bond donors (Lipinski definition) is 1. The highest BCUT2D eigenvalue weighted by Crippen LogP contribution is 2.20. The summed E-state index contributed by atoms with van der Waals surface area (Å²) in [6.07, 6.45) is 1.69. The summed E-state index contributed by atoms with van der Waals surface area (Å²) in [4.78, 5) is 11.0. The van der Waals surface area contributed by atoms with Crippen LogP contribution >= 0.6 is 27.3 Å². The van der Waals surface area contributed by atoms with Gasteiger partial charge in [0.25, 0.3) is 5.69 Å². The molecule has 0 aliphatic rings. The van der Waals surface area contributed by atoms with Crippen molar-refractivity contribution in [2.24, 2.45) is 5.10 Å². The fourth-order valence-corrected chi connectivity index (χ4v) is 2.52. The van der Waals surface area contributed by atoms with E-state index in [9.17, 15) is 10.1 Å². The predicted octanol–water partition coefficient (Wildman–Crippen LogP) is 3.86. The third-order valence-corrected chi connectivity index (χ3v) is 3.62. The Morgan fingerprint density at radius 2 is 2.00 bits per heavy atom. The lowest BCUT2D eigenvalue weighted by atomic mass is 10.3. The number of rotatable bonds is 4. The highest BCUT2D eigenvalue weighted by Gasteiger charge is 2.02. The van der Waals surface area contributed by atoms with Crippen molar-refractivity contribution in [3.05, 3.63) is 55.2 Å². The Morgan fingerprint density at radius 3 is 2.56 bits per heavy atom. The molecule has 1 aromatic carbocycles. The quantitative estimate of drug-likeness (QED) is 0.527. The standard InChI is InChI=1S/C11H8BrN3O2S/c12-11-6-5-10(18-11)7-13-14-8-1-3-9(4-2-8)15(16)17/h1-7,14H. The first-order chi connectivity index (χ1) is 8.65. The van der Waals surface area contributed by atoms with E-state index in [-0.39, 0.29) is 5.69 Å². The minimum absolute atomic E-state index is 0.0618. The molecule has 1 heterocycles. The fourth-order valence-electron chi connectivity index (χ4n) is 1.23. The third-order valence-electron chi connectivity index (χ3n) is 2.06. The van der Waals surface area contributed by atoms with Crippen LogP contribution in [0.15, 0.2) is 45.3 Å². The molecule has 0 aliphatic carbocycles. The molecule has 0 bridgehead atoms. The first-order valence-electron chi connectivity index (χ1n) is 4.94. The number of hydrogen-bond acceptors (Lipinski definition) is 5. The Kier molecular flexibility index (Phi) is 4.06. The molecule has 2 aromatic rings. The van der Waals surface area contributed by atoms with E-state index in [1.165, 1.54) is 12.1 Å². The van der Waals surface area contributed by atoms with Gasteiger partial charge in [-0.25, -0.2) is 0 Å². The van der Waals surface area contributed by atoms with Gasteiger partial charge in [-0.1, -0.05) is 0 Å². The van der Waals surface area contributed by atoms with Gasteiger partial charge in [0.05, 0.1) is 20.6 Å². The van der Waals surface area contributed by atoms with Crippen LogP contribution in [0.25, 0.3) is 0 Å². The molecule has 0 radical (unpaired) electrons. The lowest BCUT2D eigenvalue weighted by molar-refractivity contribution is -0.384. The summed E-state index contributed by atoms with van der Waals surface area (Å²) < 4.78 is 1.04. The largest absolute Gasteiger partial charge is 0.278 e. The number of non-ortho nitro benzene ring substituents is 1. The molecular weight excluding hydrogens is 318 g/mol. The average molecular weight is 326 g/mol. The zero-order valence-corrected chi connectivity index (χ0v) is 11.4. The molecule has 0 aliphatic heterocycles. The molecular formula is C11H8BrN3O2S. The topological polar surface area (TPSA) is 67.5 Å². The predicted molar refractivity (Wildman–Crippen MR) is 76.3 cm³/mol. The molecule has 0 spiro atoms. The summed E-state index contributed by atoms with van der Waals surface area (Å²) >= 11 is 4.93. The molecule has 0 unspecified atom stereocenters. The highest BCUT2D eigenvalue weighted by molar-refractivity contribution is 9.11. The van der Waals surface area contributed by atoms with E-state index in [0.29, 0.717) is 5.69 Å². The fraction of sp³-hybridized carbons (Fsp3) is 0. The minimum atomic E-state index is -0.434. The van der Waals surface area contributed by atoms with Gasteiger partial charge in [-0.2, -0.15) is 5.10 Å². The van der Waals surface area contributed by atoms with E-state index in [1.807, 2.05) is 12.1 Å². The molecule has 0 atom stereocenters. The maximum atomic E-state index is 10.5. The van der Waals surface area contributed by atoms with E-state index in [2.05, 4.69) is 26.5 Å². The van der Waals surface area contributed by atoms with Crippen LogP contribution in [-0.2, 0) is 0 Å². The molecule has 0 saturated heterocycles. The van der Waals surface area contributed by atoms with E-state index in [0.717, 1.165) is 8.66 Å². The van der Waals surface area contributed by atoms with Crippen molar-refractivity contribution in [1.29, 1.82) is 0 Å². The monoisotopic (exact) mass is 325 g/mol. The van der Waals surface area contributed by atoms with Gasteiger partial charge in [-0.05, 0) is 40.2 Å². The Morgan fingerprint density at radius 1 is 1.28 bits per heavy atom. The van der Waals surface area contributed by atoms with E-state index >= 15 is 0 Å². The van der Waals surface area contributed by atoms with Crippen molar-refractivity contribution >= 4 is 44.9 Å². The van der Waals surface area contributed by atoms with Crippen molar-refractivity contribution < 1.29 is 4.92 Å². The molecule has 2 rings (SSSR count). The van der Waals surface area contributed by atoms with Crippen LogP contribution in [0, 0.1) is 10.1 Å². The molecule has 18 heavy (non-hydrogen) atoms. The number of nitro groups is 1. The lowest BCUT2D eigenvalue weighted by Crippen LogP contribution is -1.91. The van der Waals surface area contributed by atoms with Gasteiger partial charge in [-0.3, -0.25) is 15.5 Å². The zero-order chi connectivity index (χ0) is 13.0. The second-order valence-electron chi connectivity index (χ2n) is 3.32. The number of halogens is 1. The van der Waals surface area contributed by atoms with Gasteiger partial charge in [0.15, 0.2) is 0 Å². The molecule has 0 saturated carbocycles. The molecule has 1 N–H and O–H groups in total. The van der Waals surface area contributed by atoms with Crippen molar-refractivity contribution in [2.75, 3.05) is 5.43 Å². The van der Waals surface area contributed by atoms with Crippen LogP contribution in [0.4, 0.5) is 11.4 Å². The third kappa shape index (κ3) is 3.38. The second kappa shape index (κ2) is 5.74. The van der Waals surface area contributed by atoms with E-state index < -0.39 is 4.92 Å². The van der Waals surface area contributed by atoms with Crippen LogP contribution in [0.5, 0.6) is 0 Å². The Balaban J connectivity index is 1.98. The van der Waals surface area contributed by atoms with E-state index in [1.54, 1.807) is 29.7 Å². The Labute approximate surface area is 115 Å². The smallest absolute Gasteiger partial charge is 0.269 e. The highest BCUT2D eigenvalue weighted by atomic mass is 79.9. The molecule has 7 heteroatoms. The number of nitrogens with one attached hydrogen (secondary N) is 1. The molecule has 0 amide bonds. The summed E-state index contributed by atoms with van der Waals surface area (Å²) in [5, 5.41) is 14.5. The Hall–Kier alpha value is -1.73. The summed E-state index contributed by atoms with van der Waals surface area (Å²) in [5.74, 6) is 0. The van der Waals surface area contributed by atoms with E-state index in [4.69, 9.17) is 0 Å². The number of thiophene rings is 1. The number of benzene rings is 1. The van der Waals surface area contributed by atoms with Gasteiger partial charge in [0, 0.05) is 17.0 Å². The lowest BCUT2D eigenvalue weighted by Gasteiger charge is -1.98. The summed E-state index contributed by atoms with van der Waals surface area (Å²) in [6.45, 7) is 0. The molecule has 1 aromatic heterocycles. The van der Waals surface area contributed by atoms with Crippen molar-refractivity contribution in [2.45, 2.75) is 0 Å². The van der Waals surface area contributed by atoms with Crippen LogP contribution in [-0.4, -0.2) is 11.1 Å². The maximum Gasteiger partial charge on any atom is 0.269 e. The average Bonchev–Trinajstić information content (AvgIpc) is 2.76. The number of anilines is 1. The number of nitrogens with zero attached hydrogens (tertiary/aromatic N) is 2. The maximum absolute atomic E-state index is 10.5. The summed E-state index contributed by atoms with van der Waals surface area (Å²) in [5.41, 5.74) is 3.57. The van der Waals surface area contributed by atoms with Gasteiger partial charge in [0.1, 0.15) is 0 Å². The van der Waals surface area contributed by atoms with Gasteiger partial charge >= 0.3 is 0 Å². The van der Waals surface area contributed by atoms with Gasteiger partial charge < -0.3 is 0 Å². The zero-order valence-electron chi connectivity index (χ0n) is 9.04. The van der Waals surface area contributed by atoms with Crippen LogP contribution in [0.2, 0.25) is 0 Å². The van der Waals surface area contributed by atoms with Gasteiger partial charge in [0.2, 0.25) is 0 Å². The first-order valence-corrected chi connectivity index (χ1v) is 6.55. The number of hydrazone groups is 1. The van der Waals surface area contributed by atoms with Gasteiger partial charge in [-0.15, -0.1) is 11.3 Å². The van der Waals surface area contributed by atoms with Crippen molar-refractivity contribution in [3.63, 3.8) is 0 Å². The van der Waals surface area contributed by atoms with Crippen LogP contribution in [0.3, 0.4) is 0 Å². The SMILES string of the molecule is O=[N+]([O-])c1ccc(NN=Cc2ccc(Br)s2)cc1. The number of nitro benzene ring substituents is 1. The molecule has 0 fully saturated rings. The summed E-state index contributed by atoms with van der Waals surface area (Å²) in [6, 6.07) is 9.96. The van der Waals surface area contributed by atoms with Crippen LogP contribution < -0.4 is 5.43 Å². The normalized spacial score (nSPS) is 10.7. The van der Waals surface area contributed by atoms with Crippen molar-refractivity contribution in [3.8, 4) is 0 Å².